The fraction of sp³-hybridized carbons (Fsp3) is 0.889. The van der Waals surface area contributed by atoms with E-state index in [4.69, 9.17) is 0 Å². The average molecular weight is 452 g/mol. The van der Waals surface area contributed by atoms with Gasteiger partial charge in [0.2, 0.25) is 5.91 Å². The zero-order chi connectivity index (χ0) is 17.1. The predicted octanol–water partition coefficient (Wildman–Crippen LogP) is 3.24. The summed E-state index contributed by atoms with van der Waals surface area (Å²) in [7, 11) is 0. The van der Waals surface area contributed by atoms with Gasteiger partial charge in [0, 0.05) is 39.1 Å². The number of carbonyl (C=O) groups is 1. The lowest BCUT2D eigenvalue weighted by Gasteiger charge is -2.31. The monoisotopic (exact) mass is 452 g/mol. The van der Waals surface area contributed by atoms with Gasteiger partial charge >= 0.3 is 0 Å². The Labute approximate surface area is 165 Å². The van der Waals surface area contributed by atoms with Crippen molar-refractivity contribution in [2.24, 2.45) is 16.8 Å². The van der Waals surface area contributed by atoms with Gasteiger partial charge in [-0.2, -0.15) is 0 Å². The van der Waals surface area contributed by atoms with Crippen LogP contribution in [0, 0.1) is 11.8 Å². The molecule has 1 rings (SSSR count). The maximum absolute atomic E-state index is 12.3. The van der Waals surface area contributed by atoms with Crippen LogP contribution in [-0.4, -0.2) is 49.5 Å². The number of piperidine rings is 1. The van der Waals surface area contributed by atoms with Crippen LogP contribution in [-0.2, 0) is 4.79 Å². The van der Waals surface area contributed by atoms with Crippen molar-refractivity contribution in [2.45, 2.75) is 59.8 Å². The molecule has 0 saturated carbocycles. The Bertz CT molecular complexity index is 372. The van der Waals surface area contributed by atoms with Crippen LogP contribution in [0.3, 0.4) is 0 Å². The van der Waals surface area contributed by atoms with E-state index in [9.17, 15) is 4.79 Å². The summed E-state index contributed by atoms with van der Waals surface area (Å²) >= 11 is 0. The molecule has 2 N–H and O–H groups in total. The highest BCUT2D eigenvalue weighted by Crippen LogP contribution is 2.15. The molecule has 1 amide bonds. The molecule has 0 aromatic heterocycles. The smallest absolute Gasteiger partial charge is 0.224 e. The minimum absolute atomic E-state index is 0. The number of halogens is 1. The predicted molar refractivity (Wildman–Crippen MR) is 113 cm³/mol. The molecular formula is C18H37IN4O. The Kier molecular flexibility index (Phi) is 13.4. The molecule has 1 aliphatic rings. The summed E-state index contributed by atoms with van der Waals surface area (Å²) in [4.78, 5) is 18.9. The minimum Gasteiger partial charge on any atom is -0.357 e. The molecule has 0 aromatic rings. The number of hydrogen-bond acceptors (Lipinski definition) is 2. The first-order valence-electron chi connectivity index (χ1n) is 9.40. The molecule has 24 heavy (non-hydrogen) atoms. The molecule has 1 unspecified atom stereocenters. The summed E-state index contributed by atoms with van der Waals surface area (Å²) in [5, 5.41) is 6.56. The van der Waals surface area contributed by atoms with Gasteiger partial charge in [0.05, 0.1) is 0 Å². The van der Waals surface area contributed by atoms with Crippen molar-refractivity contribution in [1.82, 2.24) is 15.5 Å². The molecule has 5 nitrogen and oxygen atoms in total. The van der Waals surface area contributed by atoms with Crippen molar-refractivity contribution in [2.75, 3.05) is 32.7 Å². The third-order valence-electron chi connectivity index (χ3n) is 4.65. The van der Waals surface area contributed by atoms with Gasteiger partial charge in [-0.3, -0.25) is 9.79 Å². The fourth-order valence-corrected chi connectivity index (χ4v) is 2.97. The number of guanidine groups is 1. The van der Waals surface area contributed by atoms with Gasteiger partial charge in [0.25, 0.3) is 0 Å². The quantitative estimate of drug-likeness (QED) is 0.338. The van der Waals surface area contributed by atoms with E-state index in [0.29, 0.717) is 24.8 Å². The normalized spacial score (nSPS) is 18.3. The molecule has 1 aliphatic heterocycles. The van der Waals surface area contributed by atoms with E-state index in [1.165, 1.54) is 6.42 Å². The highest BCUT2D eigenvalue weighted by molar-refractivity contribution is 14.0. The lowest BCUT2D eigenvalue weighted by molar-refractivity contribution is -0.132. The first kappa shape index (κ1) is 23.5. The molecule has 0 bridgehead atoms. The molecule has 1 saturated heterocycles. The van der Waals surface area contributed by atoms with E-state index in [2.05, 4.69) is 43.3 Å². The van der Waals surface area contributed by atoms with Gasteiger partial charge in [-0.05, 0) is 31.6 Å². The van der Waals surface area contributed by atoms with Crippen molar-refractivity contribution in [1.29, 1.82) is 0 Å². The first-order valence-corrected chi connectivity index (χ1v) is 9.40. The molecular weight excluding hydrogens is 415 g/mol. The summed E-state index contributed by atoms with van der Waals surface area (Å²) in [6, 6.07) is 0. The number of rotatable bonds is 8. The topological polar surface area (TPSA) is 56.7 Å². The van der Waals surface area contributed by atoms with Gasteiger partial charge in [-0.15, -0.1) is 24.0 Å². The zero-order valence-electron chi connectivity index (χ0n) is 15.9. The van der Waals surface area contributed by atoms with Crippen LogP contribution in [0.1, 0.15) is 59.8 Å². The summed E-state index contributed by atoms with van der Waals surface area (Å²) < 4.78 is 0. The molecule has 0 spiro atoms. The number of nitrogens with one attached hydrogen (secondary N) is 2. The Morgan fingerprint density at radius 3 is 2.54 bits per heavy atom. The van der Waals surface area contributed by atoms with Crippen molar-refractivity contribution < 1.29 is 4.79 Å². The SMILES string of the molecule is CCNC(=NCC(CC)CC)NCCC(=O)N1CCCC(C)C1.I. The number of hydrogen-bond donors (Lipinski definition) is 2. The molecule has 1 fully saturated rings. The molecule has 6 heteroatoms. The van der Waals surface area contributed by atoms with Gasteiger partial charge in [-0.1, -0.05) is 33.6 Å². The standard InChI is InChI=1S/C18H36N4O.HI/c1-5-16(6-2)13-21-18(19-7-3)20-11-10-17(23)22-12-8-9-15(4)14-22;/h15-16H,5-14H2,1-4H3,(H2,19,20,21);1H. The number of likely N-dealkylation sites (tertiary alicyclic amines) is 1. The van der Waals surface area contributed by atoms with E-state index >= 15 is 0 Å². The second-order valence-corrected chi connectivity index (χ2v) is 6.67. The van der Waals surface area contributed by atoms with Crippen LogP contribution in [0.25, 0.3) is 0 Å². The van der Waals surface area contributed by atoms with E-state index in [1.807, 2.05) is 4.90 Å². The van der Waals surface area contributed by atoms with Gasteiger partial charge in [0.1, 0.15) is 0 Å². The zero-order valence-corrected chi connectivity index (χ0v) is 18.3. The Morgan fingerprint density at radius 2 is 1.96 bits per heavy atom. The second-order valence-electron chi connectivity index (χ2n) is 6.67. The van der Waals surface area contributed by atoms with Crippen LogP contribution in [0.15, 0.2) is 4.99 Å². The fourth-order valence-electron chi connectivity index (χ4n) is 2.97. The van der Waals surface area contributed by atoms with Crippen LogP contribution in [0.2, 0.25) is 0 Å². The Morgan fingerprint density at radius 1 is 1.25 bits per heavy atom. The van der Waals surface area contributed by atoms with E-state index in [1.54, 1.807) is 0 Å². The lowest BCUT2D eigenvalue weighted by Crippen LogP contribution is -2.42. The highest BCUT2D eigenvalue weighted by atomic mass is 127. The van der Waals surface area contributed by atoms with Crippen LogP contribution < -0.4 is 10.6 Å². The molecule has 0 aliphatic carbocycles. The van der Waals surface area contributed by atoms with E-state index < -0.39 is 0 Å². The van der Waals surface area contributed by atoms with Crippen LogP contribution in [0.5, 0.6) is 0 Å². The largest absolute Gasteiger partial charge is 0.357 e. The first-order chi connectivity index (χ1) is 11.1. The third kappa shape index (κ3) is 9.08. The van der Waals surface area contributed by atoms with Crippen molar-refractivity contribution in [3.8, 4) is 0 Å². The summed E-state index contributed by atoms with van der Waals surface area (Å²) in [6.45, 7) is 12.9. The minimum atomic E-state index is 0. The third-order valence-corrected chi connectivity index (χ3v) is 4.65. The van der Waals surface area contributed by atoms with Crippen LogP contribution >= 0.6 is 24.0 Å². The molecule has 1 atom stereocenters. The average Bonchev–Trinajstić information content (AvgIpc) is 2.55. The molecule has 142 valence electrons. The maximum Gasteiger partial charge on any atom is 0.224 e. The van der Waals surface area contributed by atoms with Crippen molar-refractivity contribution in [3.63, 3.8) is 0 Å². The summed E-state index contributed by atoms with van der Waals surface area (Å²) in [5.41, 5.74) is 0. The molecule has 0 radical (unpaired) electrons. The number of carbonyl (C=O) groups excluding carboxylic acids is 1. The Hall–Kier alpha value is -0.530. The van der Waals surface area contributed by atoms with Crippen LogP contribution in [0.4, 0.5) is 0 Å². The summed E-state index contributed by atoms with van der Waals surface area (Å²) in [6.07, 6.45) is 5.24. The number of amides is 1. The van der Waals surface area contributed by atoms with Gasteiger partial charge in [-0.25, -0.2) is 0 Å². The molecule has 0 aromatic carbocycles. The molecule has 1 heterocycles. The number of aliphatic imine (C=N–C) groups is 1. The maximum atomic E-state index is 12.3. The van der Waals surface area contributed by atoms with Gasteiger partial charge < -0.3 is 15.5 Å². The summed E-state index contributed by atoms with van der Waals surface area (Å²) in [5.74, 6) is 2.38. The van der Waals surface area contributed by atoms with E-state index in [-0.39, 0.29) is 29.9 Å². The van der Waals surface area contributed by atoms with Crippen molar-refractivity contribution >= 4 is 35.8 Å². The van der Waals surface area contributed by atoms with E-state index in [0.717, 1.165) is 51.4 Å². The number of nitrogens with zero attached hydrogens (tertiary/aromatic N) is 2. The highest BCUT2D eigenvalue weighted by Gasteiger charge is 2.20. The van der Waals surface area contributed by atoms with Crippen molar-refractivity contribution in [3.05, 3.63) is 0 Å². The lowest BCUT2D eigenvalue weighted by atomic mass is 10.00. The van der Waals surface area contributed by atoms with Gasteiger partial charge in [0.15, 0.2) is 5.96 Å². The Balaban J connectivity index is 0.00000529. The second kappa shape index (κ2) is 13.7.